The molecule has 0 saturated heterocycles. The van der Waals surface area contributed by atoms with E-state index in [0.717, 1.165) is 0 Å². The number of rotatable bonds is 4. The maximum atomic E-state index is 12.1. The first-order valence-electron chi connectivity index (χ1n) is 6.24. The summed E-state index contributed by atoms with van der Waals surface area (Å²) in [6.07, 6.45) is 0.683. The number of aliphatic hydroxyl groups is 1. The molecule has 1 aromatic carbocycles. The van der Waals surface area contributed by atoms with Crippen molar-refractivity contribution in [1.82, 2.24) is 5.32 Å². The highest BCUT2D eigenvalue weighted by atomic mass is 32.2. The fourth-order valence-corrected chi connectivity index (χ4v) is 3.14. The lowest BCUT2D eigenvalue weighted by Gasteiger charge is -2.32. The van der Waals surface area contributed by atoms with E-state index in [-0.39, 0.29) is 28.4 Å². The fraction of sp³-hybridized carbons (Fsp3) is 0.462. The van der Waals surface area contributed by atoms with Gasteiger partial charge >= 0.3 is 0 Å². The third-order valence-electron chi connectivity index (χ3n) is 3.30. The highest BCUT2D eigenvalue weighted by molar-refractivity contribution is 7.91. The molecule has 1 saturated carbocycles. The van der Waals surface area contributed by atoms with Gasteiger partial charge in [0.15, 0.2) is 9.84 Å². The maximum Gasteiger partial charge on any atom is 0.252 e. The zero-order valence-corrected chi connectivity index (χ0v) is 11.5. The van der Waals surface area contributed by atoms with Crippen LogP contribution in [-0.2, 0) is 9.84 Å². The van der Waals surface area contributed by atoms with Crippen molar-refractivity contribution < 1.29 is 18.3 Å². The zero-order chi connectivity index (χ0) is 14.0. The first-order chi connectivity index (χ1) is 8.94. The van der Waals surface area contributed by atoms with Crippen molar-refractivity contribution in [1.29, 1.82) is 0 Å². The first-order valence-corrected chi connectivity index (χ1v) is 7.90. The van der Waals surface area contributed by atoms with Crippen LogP contribution in [0.2, 0.25) is 0 Å². The molecule has 6 heteroatoms. The number of sulfone groups is 1. The highest BCUT2D eigenvalue weighted by Crippen LogP contribution is 2.22. The monoisotopic (exact) mass is 283 g/mol. The summed E-state index contributed by atoms with van der Waals surface area (Å²) in [5.41, 5.74) is 0.172. The van der Waals surface area contributed by atoms with Crippen molar-refractivity contribution in [3.05, 3.63) is 29.8 Å². The Balaban J connectivity index is 2.22. The predicted octanol–water partition coefficient (Wildman–Crippen LogP) is 0.733. The van der Waals surface area contributed by atoms with E-state index in [9.17, 15) is 18.3 Å². The van der Waals surface area contributed by atoms with Gasteiger partial charge in [-0.2, -0.15) is 0 Å². The number of benzene rings is 1. The molecular weight excluding hydrogens is 266 g/mol. The molecular formula is C13H17NO4S. The van der Waals surface area contributed by atoms with Gasteiger partial charge < -0.3 is 10.4 Å². The fourth-order valence-electron chi connectivity index (χ4n) is 2.05. The van der Waals surface area contributed by atoms with Crippen molar-refractivity contribution in [2.45, 2.75) is 36.8 Å². The summed E-state index contributed by atoms with van der Waals surface area (Å²) < 4.78 is 23.9. The van der Waals surface area contributed by atoms with E-state index in [1.165, 1.54) is 12.1 Å². The standard InChI is InChI=1S/C13H17NO4S/c1-2-19(17,18)12-6-4-3-5-11(12)13(16)14-9-7-10(15)8-9/h3-6,9-10,15H,2,7-8H2,1H3,(H,14,16). The van der Waals surface area contributed by atoms with Gasteiger partial charge in [-0.25, -0.2) is 8.42 Å². The normalized spacial score (nSPS) is 22.6. The van der Waals surface area contributed by atoms with Gasteiger partial charge in [0.1, 0.15) is 0 Å². The van der Waals surface area contributed by atoms with Gasteiger partial charge in [0, 0.05) is 6.04 Å². The summed E-state index contributed by atoms with van der Waals surface area (Å²) in [4.78, 5) is 12.1. The molecule has 2 rings (SSSR count). The van der Waals surface area contributed by atoms with Crippen LogP contribution in [0.3, 0.4) is 0 Å². The molecule has 0 bridgehead atoms. The third kappa shape index (κ3) is 2.96. The van der Waals surface area contributed by atoms with E-state index >= 15 is 0 Å². The Morgan fingerprint density at radius 3 is 2.58 bits per heavy atom. The van der Waals surface area contributed by atoms with Crippen molar-refractivity contribution in [2.75, 3.05) is 5.75 Å². The Labute approximate surface area is 112 Å². The number of hydrogen-bond acceptors (Lipinski definition) is 4. The van der Waals surface area contributed by atoms with Crippen molar-refractivity contribution in [2.24, 2.45) is 0 Å². The van der Waals surface area contributed by atoms with Crippen LogP contribution >= 0.6 is 0 Å². The average Bonchev–Trinajstić information content (AvgIpc) is 2.37. The molecule has 104 valence electrons. The summed E-state index contributed by atoms with van der Waals surface area (Å²) in [7, 11) is -3.42. The molecule has 0 atom stereocenters. The lowest BCUT2D eigenvalue weighted by Crippen LogP contribution is -2.47. The molecule has 1 aromatic rings. The molecule has 0 aromatic heterocycles. The predicted molar refractivity (Wildman–Crippen MR) is 70.7 cm³/mol. The second-order valence-corrected chi connectivity index (χ2v) is 6.94. The molecule has 0 unspecified atom stereocenters. The van der Waals surface area contributed by atoms with E-state index < -0.39 is 15.7 Å². The Morgan fingerprint density at radius 2 is 2.00 bits per heavy atom. The average molecular weight is 283 g/mol. The summed E-state index contributed by atoms with van der Waals surface area (Å²) in [6, 6.07) is 6.13. The smallest absolute Gasteiger partial charge is 0.252 e. The number of aliphatic hydroxyl groups excluding tert-OH is 1. The van der Waals surface area contributed by atoms with E-state index in [1.54, 1.807) is 19.1 Å². The molecule has 19 heavy (non-hydrogen) atoms. The Hall–Kier alpha value is -1.40. The lowest BCUT2D eigenvalue weighted by atomic mass is 9.89. The Kier molecular flexibility index (Phi) is 3.91. The van der Waals surface area contributed by atoms with Crippen LogP contribution in [0.25, 0.3) is 0 Å². The minimum absolute atomic E-state index is 0.0422. The van der Waals surface area contributed by atoms with Crippen LogP contribution < -0.4 is 5.32 Å². The Bertz CT molecular complexity index is 576. The van der Waals surface area contributed by atoms with Crippen LogP contribution in [0.5, 0.6) is 0 Å². The van der Waals surface area contributed by atoms with Crippen LogP contribution in [-0.4, -0.2) is 37.3 Å². The molecule has 1 amide bonds. The molecule has 0 aliphatic heterocycles. The van der Waals surface area contributed by atoms with Crippen LogP contribution in [0.15, 0.2) is 29.2 Å². The minimum atomic E-state index is -3.42. The van der Waals surface area contributed by atoms with Gasteiger partial charge in [0.05, 0.1) is 22.3 Å². The lowest BCUT2D eigenvalue weighted by molar-refractivity contribution is 0.0561. The van der Waals surface area contributed by atoms with Gasteiger partial charge in [0.2, 0.25) is 0 Å². The molecule has 0 spiro atoms. The Morgan fingerprint density at radius 1 is 1.37 bits per heavy atom. The van der Waals surface area contributed by atoms with E-state index in [4.69, 9.17) is 0 Å². The number of carbonyl (C=O) groups is 1. The van der Waals surface area contributed by atoms with E-state index in [2.05, 4.69) is 5.32 Å². The van der Waals surface area contributed by atoms with Gasteiger partial charge in [0.25, 0.3) is 5.91 Å². The second-order valence-electron chi connectivity index (χ2n) is 4.70. The van der Waals surface area contributed by atoms with Crippen molar-refractivity contribution >= 4 is 15.7 Å². The number of nitrogens with one attached hydrogen (secondary N) is 1. The number of carbonyl (C=O) groups excluding carboxylic acids is 1. The molecule has 0 heterocycles. The molecule has 2 N–H and O–H groups in total. The summed E-state index contributed by atoms with van der Waals surface area (Å²) in [5.74, 6) is -0.441. The molecule has 0 radical (unpaired) electrons. The van der Waals surface area contributed by atoms with Crippen LogP contribution in [0.1, 0.15) is 30.1 Å². The maximum absolute atomic E-state index is 12.1. The topological polar surface area (TPSA) is 83.5 Å². The van der Waals surface area contributed by atoms with Gasteiger partial charge in [-0.15, -0.1) is 0 Å². The molecule has 1 aliphatic rings. The number of hydrogen-bond donors (Lipinski definition) is 2. The van der Waals surface area contributed by atoms with Gasteiger partial charge in [-0.3, -0.25) is 4.79 Å². The van der Waals surface area contributed by atoms with E-state index in [0.29, 0.717) is 12.8 Å². The molecule has 1 aliphatic carbocycles. The molecule has 1 fully saturated rings. The second kappa shape index (κ2) is 5.30. The van der Waals surface area contributed by atoms with Crippen molar-refractivity contribution in [3.63, 3.8) is 0 Å². The van der Waals surface area contributed by atoms with E-state index in [1.807, 2.05) is 0 Å². The highest BCUT2D eigenvalue weighted by Gasteiger charge is 2.30. The summed E-state index contributed by atoms with van der Waals surface area (Å²) >= 11 is 0. The quantitative estimate of drug-likeness (QED) is 0.853. The molecule has 5 nitrogen and oxygen atoms in total. The third-order valence-corrected chi connectivity index (χ3v) is 5.08. The van der Waals surface area contributed by atoms with Gasteiger partial charge in [-0.1, -0.05) is 19.1 Å². The van der Waals surface area contributed by atoms with Crippen LogP contribution in [0.4, 0.5) is 0 Å². The zero-order valence-electron chi connectivity index (χ0n) is 10.7. The van der Waals surface area contributed by atoms with Crippen LogP contribution in [0, 0.1) is 0 Å². The summed E-state index contributed by atoms with van der Waals surface area (Å²) in [5, 5.41) is 11.9. The summed E-state index contributed by atoms with van der Waals surface area (Å²) in [6.45, 7) is 1.55. The first kappa shape index (κ1) is 14.0. The van der Waals surface area contributed by atoms with Crippen molar-refractivity contribution in [3.8, 4) is 0 Å². The minimum Gasteiger partial charge on any atom is -0.393 e. The number of amides is 1. The van der Waals surface area contributed by atoms with Gasteiger partial charge in [-0.05, 0) is 25.0 Å². The largest absolute Gasteiger partial charge is 0.393 e. The SMILES string of the molecule is CCS(=O)(=O)c1ccccc1C(=O)NC1CC(O)C1.